The Morgan fingerprint density at radius 3 is 2.36 bits per heavy atom. The van der Waals surface area contributed by atoms with E-state index in [2.05, 4.69) is 11.8 Å². The predicted molar refractivity (Wildman–Crippen MR) is 62.1 cm³/mol. The summed E-state index contributed by atoms with van der Waals surface area (Å²) in [5, 5.41) is 0. The Kier molecular flexibility index (Phi) is 6.06. The zero-order valence-electron chi connectivity index (χ0n) is 7.99. The lowest BCUT2D eigenvalue weighted by atomic mass is 10.4. The van der Waals surface area contributed by atoms with Gasteiger partial charge in [-0.15, -0.1) is 0 Å². The van der Waals surface area contributed by atoms with E-state index in [9.17, 15) is 4.79 Å². The van der Waals surface area contributed by atoms with Crippen molar-refractivity contribution >= 4 is 45.2 Å². The summed E-state index contributed by atoms with van der Waals surface area (Å²) in [6.07, 6.45) is 0.979. The van der Waals surface area contributed by atoms with E-state index in [1.807, 2.05) is 0 Å². The largest absolute Gasteiger partial charge is 0.460 e. The van der Waals surface area contributed by atoms with Crippen LogP contribution in [-0.2, 0) is 25.9 Å². The van der Waals surface area contributed by atoms with Gasteiger partial charge in [-0.05, 0) is 55.1 Å². The summed E-state index contributed by atoms with van der Waals surface area (Å²) in [4.78, 5) is 8.25. The number of halogens is 2. The summed E-state index contributed by atoms with van der Waals surface area (Å²) in [7, 11) is 0. The molecule has 0 bridgehead atoms. The Morgan fingerprint density at radius 1 is 1.50 bits per heavy atom. The van der Waals surface area contributed by atoms with Gasteiger partial charge >= 0.3 is 5.97 Å². The molecule has 0 heterocycles. The lowest BCUT2D eigenvalue weighted by Gasteiger charge is -2.09. The van der Waals surface area contributed by atoms with E-state index in [-0.39, 0.29) is 11.9 Å². The molecular weight excluding hydrogens is 266 g/mol. The highest BCUT2D eigenvalue weighted by molar-refractivity contribution is 8.36. The number of hydrogen-bond donors (Lipinski definition) is 0. The molecule has 0 aliphatic carbocycles. The van der Waals surface area contributed by atoms with Gasteiger partial charge in [0.2, 0.25) is 0 Å². The van der Waals surface area contributed by atoms with Crippen LogP contribution in [0, 0.1) is 0 Å². The van der Waals surface area contributed by atoms with Crippen LogP contribution in [0.3, 0.4) is 0 Å². The topological polar surface area (TPSA) is 35.5 Å². The number of hydrogen-bond acceptors (Lipinski definition) is 4. The van der Waals surface area contributed by atoms with Crippen LogP contribution in [0.1, 0.15) is 20.8 Å². The van der Waals surface area contributed by atoms with Crippen LogP contribution in [0.5, 0.6) is 0 Å². The van der Waals surface area contributed by atoms with E-state index < -0.39 is 10.9 Å². The van der Waals surface area contributed by atoms with Gasteiger partial charge in [0.05, 0.1) is 12.2 Å². The molecule has 0 atom stereocenters. The molecule has 0 aromatic heterocycles. The lowest BCUT2D eigenvalue weighted by Crippen LogP contribution is -2.09. The molecule has 0 aliphatic rings. The first kappa shape index (κ1) is 14.2. The molecule has 0 fully saturated rings. The van der Waals surface area contributed by atoms with Crippen LogP contribution in [0.4, 0.5) is 0 Å². The van der Waals surface area contributed by atoms with Crippen molar-refractivity contribution in [3.05, 3.63) is 11.8 Å². The number of carbonyl (C=O) groups excluding carboxylic acids is 1. The average molecular weight is 277 g/mol. The van der Waals surface area contributed by atoms with Crippen LogP contribution in [0.2, 0.25) is 0 Å². The summed E-state index contributed by atoms with van der Waals surface area (Å²) < 4.78 is 9.74. The molecule has 0 saturated heterocycles. The normalized spacial score (nSPS) is 12.9. The SMILES string of the molecule is C/C(=C/C(=O)OC(C)C)OP(=S)(Cl)Cl. The molecule has 0 aromatic rings. The van der Waals surface area contributed by atoms with E-state index in [0.29, 0.717) is 0 Å². The van der Waals surface area contributed by atoms with Crippen molar-refractivity contribution < 1.29 is 14.1 Å². The number of carbonyl (C=O) groups is 1. The fourth-order valence-corrected chi connectivity index (χ4v) is 2.02. The van der Waals surface area contributed by atoms with Gasteiger partial charge in [-0.2, -0.15) is 0 Å². The van der Waals surface area contributed by atoms with Crippen LogP contribution in [0.25, 0.3) is 0 Å². The van der Waals surface area contributed by atoms with E-state index in [1.54, 1.807) is 13.8 Å². The van der Waals surface area contributed by atoms with E-state index in [1.165, 1.54) is 6.92 Å². The van der Waals surface area contributed by atoms with Crippen LogP contribution >= 0.6 is 27.5 Å². The standard InChI is InChI=1S/C7H11Cl2O3PS/c1-5(2)11-7(10)4-6(3)12-13(8,9)14/h4-5H,1-3H3/b6-4-. The summed E-state index contributed by atoms with van der Waals surface area (Å²) in [5.74, 6) is -0.252. The van der Waals surface area contributed by atoms with Gasteiger partial charge in [0.15, 0.2) is 0 Å². The maximum atomic E-state index is 11.1. The first-order valence-corrected chi connectivity index (χ1v) is 8.31. The van der Waals surface area contributed by atoms with Crippen LogP contribution in [-0.4, -0.2) is 12.1 Å². The zero-order chi connectivity index (χ0) is 11.4. The van der Waals surface area contributed by atoms with E-state index >= 15 is 0 Å². The van der Waals surface area contributed by atoms with Gasteiger partial charge in [-0.3, -0.25) is 0 Å². The molecule has 3 nitrogen and oxygen atoms in total. The van der Waals surface area contributed by atoms with Gasteiger partial charge in [0.1, 0.15) is 5.76 Å². The number of ether oxygens (including phenoxy) is 1. The second-order valence-electron chi connectivity index (χ2n) is 2.75. The number of allylic oxidation sites excluding steroid dienone is 1. The van der Waals surface area contributed by atoms with Crippen molar-refractivity contribution in [2.24, 2.45) is 0 Å². The molecule has 0 rings (SSSR count). The highest BCUT2D eigenvalue weighted by atomic mass is 35.9. The summed E-state index contributed by atoms with van der Waals surface area (Å²) in [6.45, 7) is 5.03. The third kappa shape index (κ3) is 8.82. The minimum atomic E-state index is -2.81. The molecule has 82 valence electrons. The maximum absolute atomic E-state index is 11.1. The van der Waals surface area contributed by atoms with Crippen molar-refractivity contribution in [3.63, 3.8) is 0 Å². The molecule has 0 aliphatic heterocycles. The maximum Gasteiger partial charge on any atom is 0.334 e. The summed E-state index contributed by atoms with van der Waals surface area (Å²) in [5.41, 5.74) is 0. The second-order valence-corrected chi connectivity index (χ2v) is 9.88. The molecule has 0 N–H and O–H groups in total. The highest BCUT2D eigenvalue weighted by Crippen LogP contribution is 2.59. The molecule has 7 heteroatoms. The molecule has 0 radical (unpaired) electrons. The Morgan fingerprint density at radius 2 is 2.00 bits per heavy atom. The van der Waals surface area contributed by atoms with Crippen molar-refractivity contribution in [2.75, 3.05) is 0 Å². The smallest absolute Gasteiger partial charge is 0.334 e. The summed E-state index contributed by atoms with van der Waals surface area (Å²) >= 11 is 15.6. The minimum Gasteiger partial charge on any atom is -0.460 e. The minimum absolute atomic E-state index is 0.179. The molecule has 0 spiro atoms. The Hall–Kier alpha value is 0.240. The Balaban J connectivity index is 4.24. The van der Waals surface area contributed by atoms with Crippen molar-refractivity contribution in [1.29, 1.82) is 0 Å². The molecule has 0 saturated carbocycles. The number of esters is 1. The van der Waals surface area contributed by atoms with Crippen molar-refractivity contribution in [1.82, 2.24) is 0 Å². The fraction of sp³-hybridized carbons (Fsp3) is 0.571. The van der Waals surface area contributed by atoms with Crippen molar-refractivity contribution in [2.45, 2.75) is 26.9 Å². The van der Waals surface area contributed by atoms with Crippen LogP contribution in [0.15, 0.2) is 11.8 Å². The van der Waals surface area contributed by atoms with Gasteiger partial charge in [0, 0.05) is 0 Å². The third-order valence-electron chi connectivity index (χ3n) is 0.923. The lowest BCUT2D eigenvalue weighted by molar-refractivity contribution is -0.141. The molecular formula is C7H11Cl2O3PS. The molecule has 14 heavy (non-hydrogen) atoms. The van der Waals surface area contributed by atoms with Crippen LogP contribution < -0.4 is 0 Å². The summed E-state index contributed by atoms with van der Waals surface area (Å²) in [6, 6.07) is 0. The first-order chi connectivity index (χ1) is 6.20. The number of rotatable bonds is 4. The third-order valence-corrected chi connectivity index (χ3v) is 2.06. The van der Waals surface area contributed by atoms with Gasteiger partial charge in [-0.1, -0.05) is 0 Å². The van der Waals surface area contributed by atoms with Gasteiger partial charge < -0.3 is 9.26 Å². The first-order valence-electron chi connectivity index (χ1n) is 3.78. The molecule has 0 amide bonds. The van der Waals surface area contributed by atoms with E-state index in [4.69, 9.17) is 31.7 Å². The zero-order valence-corrected chi connectivity index (χ0v) is 11.2. The monoisotopic (exact) mass is 276 g/mol. The molecule has 0 unspecified atom stereocenters. The molecule has 0 aromatic carbocycles. The van der Waals surface area contributed by atoms with Crippen molar-refractivity contribution in [3.8, 4) is 0 Å². The quantitative estimate of drug-likeness (QED) is 0.340. The van der Waals surface area contributed by atoms with Gasteiger partial charge in [-0.25, -0.2) is 4.79 Å². The highest BCUT2D eigenvalue weighted by Gasteiger charge is 2.11. The Bertz CT molecular complexity index is 285. The van der Waals surface area contributed by atoms with E-state index in [0.717, 1.165) is 6.08 Å². The fourth-order valence-electron chi connectivity index (χ4n) is 0.626. The Labute approximate surface area is 98.0 Å². The average Bonchev–Trinajstić information content (AvgIpc) is 1.77. The second kappa shape index (κ2) is 5.96. The predicted octanol–water partition coefficient (Wildman–Crippen LogP) is 3.56. The van der Waals surface area contributed by atoms with Gasteiger partial charge in [0.25, 0.3) is 4.97 Å².